The maximum Gasteiger partial charge on any atom is 0.232 e. The Morgan fingerprint density at radius 2 is 2.15 bits per heavy atom. The summed E-state index contributed by atoms with van der Waals surface area (Å²) in [6, 6.07) is 5.62. The topological polar surface area (TPSA) is 91.4 Å². The van der Waals surface area contributed by atoms with E-state index < -0.39 is 0 Å². The highest BCUT2D eigenvalue weighted by Crippen LogP contribution is 2.20. The van der Waals surface area contributed by atoms with Gasteiger partial charge in [0.15, 0.2) is 11.5 Å². The molecule has 20 heavy (non-hydrogen) atoms. The first-order chi connectivity index (χ1) is 9.86. The van der Waals surface area contributed by atoms with E-state index in [0.717, 1.165) is 24.3 Å². The molecule has 3 aromatic rings. The predicted octanol–water partition coefficient (Wildman–Crippen LogP) is 2.31. The molecule has 3 heterocycles. The minimum absolute atomic E-state index is 0.474. The van der Waals surface area contributed by atoms with Gasteiger partial charge in [-0.2, -0.15) is 9.97 Å². The molecule has 0 aromatic carbocycles. The van der Waals surface area contributed by atoms with Gasteiger partial charge >= 0.3 is 0 Å². The van der Waals surface area contributed by atoms with Gasteiger partial charge < -0.3 is 15.6 Å². The van der Waals surface area contributed by atoms with Gasteiger partial charge in [0.1, 0.15) is 11.3 Å². The summed E-state index contributed by atoms with van der Waals surface area (Å²) in [5.74, 6) is 1.92. The van der Waals surface area contributed by atoms with E-state index in [1.165, 1.54) is 0 Å². The number of aromatic amines is 1. The van der Waals surface area contributed by atoms with E-state index in [4.69, 9.17) is 0 Å². The largest absolute Gasteiger partial charge is 0.368 e. The summed E-state index contributed by atoms with van der Waals surface area (Å²) in [7, 11) is 0. The van der Waals surface area contributed by atoms with Gasteiger partial charge in [-0.1, -0.05) is 13.0 Å². The van der Waals surface area contributed by atoms with Crippen LogP contribution in [0.4, 0.5) is 17.6 Å². The fraction of sp³-hybridized carbons (Fsp3) is 0.231. The third kappa shape index (κ3) is 2.51. The monoisotopic (exact) mass is 269 g/mol. The molecule has 0 saturated carbocycles. The lowest BCUT2D eigenvalue weighted by molar-refractivity contribution is 0.969. The highest BCUT2D eigenvalue weighted by Gasteiger charge is 2.09. The fourth-order valence-electron chi connectivity index (χ4n) is 1.81. The van der Waals surface area contributed by atoms with Crippen molar-refractivity contribution in [2.24, 2.45) is 0 Å². The van der Waals surface area contributed by atoms with E-state index in [9.17, 15) is 0 Å². The summed E-state index contributed by atoms with van der Waals surface area (Å²) in [6.07, 6.45) is 4.34. The number of fused-ring (bicyclic) bond motifs is 1. The molecule has 3 rings (SSSR count). The van der Waals surface area contributed by atoms with Crippen LogP contribution in [0.2, 0.25) is 0 Å². The lowest BCUT2D eigenvalue weighted by Gasteiger charge is -2.08. The van der Waals surface area contributed by atoms with Crippen LogP contribution in [0.25, 0.3) is 11.2 Å². The fourth-order valence-corrected chi connectivity index (χ4v) is 1.81. The SMILES string of the molecule is CCCNc1nc(Nc2ccccn2)nc2nc[nH]c12. The lowest BCUT2D eigenvalue weighted by Crippen LogP contribution is -2.06. The van der Waals surface area contributed by atoms with Crippen LogP contribution in [0.1, 0.15) is 13.3 Å². The van der Waals surface area contributed by atoms with Crippen LogP contribution in [0.5, 0.6) is 0 Å². The molecule has 0 saturated heterocycles. The minimum Gasteiger partial charge on any atom is -0.368 e. The summed E-state index contributed by atoms with van der Waals surface area (Å²) in [6.45, 7) is 2.94. The van der Waals surface area contributed by atoms with Gasteiger partial charge in [0, 0.05) is 12.7 Å². The summed E-state index contributed by atoms with van der Waals surface area (Å²) >= 11 is 0. The van der Waals surface area contributed by atoms with E-state index in [2.05, 4.69) is 42.5 Å². The van der Waals surface area contributed by atoms with E-state index in [-0.39, 0.29) is 0 Å². The van der Waals surface area contributed by atoms with E-state index in [0.29, 0.717) is 17.4 Å². The van der Waals surface area contributed by atoms with Crippen molar-refractivity contribution < 1.29 is 0 Å². The van der Waals surface area contributed by atoms with Crippen LogP contribution in [0.3, 0.4) is 0 Å². The van der Waals surface area contributed by atoms with Crippen molar-refractivity contribution in [3.8, 4) is 0 Å². The standard InChI is InChI=1S/C13H15N7/c1-2-6-15-11-10-12(17-8-16-10)20-13(19-11)18-9-5-3-4-7-14-9/h3-5,7-8H,2,6H2,1H3,(H3,14,15,16,17,18,19,20). The van der Waals surface area contributed by atoms with Crippen molar-refractivity contribution in [3.05, 3.63) is 30.7 Å². The molecule has 0 atom stereocenters. The molecule has 7 heteroatoms. The average molecular weight is 269 g/mol. The summed E-state index contributed by atoms with van der Waals surface area (Å²) in [5.41, 5.74) is 1.43. The van der Waals surface area contributed by atoms with E-state index >= 15 is 0 Å². The zero-order chi connectivity index (χ0) is 13.8. The summed E-state index contributed by atoms with van der Waals surface area (Å²) in [4.78, 5) is 20.2. The second-order valence-electron chi connectivity index (χ2n) is 4.26. The number of nitrogens with one attached hydrogen (secondary N) is 3. The molecular formula is C13H15N7. The number of aromatic nitrogens is 5. The van der Waals surface area contributed by atoms with Gasteiger partial charge in [-0.05, 0) is 18.6 Å². The zero-order valence-electron chi connectivity index (χ0n) is 11.1. The van der Waals surface area contributed by atoms with Gasteiger partial charge in [-0.25, -0.2) is 9.97 Å². The lowest BCUT2D eigenvalue weighted by atomic mass is 10.4. The molecule has 0 spiro atoms. The van der Waals surface area contributed by atoms with E-state index in [1.807, 2.05) is 18.2 Å². The Balaban J connectivity index is 1.94. The Morgan fingerprint density at radius 1 is 1.20 bits per heavy atom. The predicted molar refractivity (Wildman–Crippen MR) is 78.0 cm³/mol. The molecule has 7 nitrogen and oxygen atoms in total. The third-order valence-electron chi connectivity index (χ3n) is 2.73. The van der Waals surface area contributed by atoms with Gasteiger partial charge in [0.25, 0.3) is 0 Å². The van der Waals surface area contributed by atoms with Crippen molar-refractivity contribution >= 4 is 28.7 Å². The van der Waals surface area contributed by atoms with Crippen molar-refractivity contribution in [1.29, 1.82) is 0 Å². The molecule has 0 fully saturated rings. The maximum absolute atomic E-state index is 4.46. The Hall–Kier alpha value is -2.70. The van der Waals surface area contributed by atoms with Crippen LogP contribution < -0.4 is 10.6 Å². The Labute approximate surface area is 115 Å². The average Bonchev–Trinajstić information content (AvgIpc) is 2.94. The first-order valence-electron chi connectivity index (χ1n) is 6.50. The smallest absolute Gasteiger partial charge is 0.232 e. The molecule has 3 N–H and O–H groups in total. The van der Waals surface area contributed by atoms with Crippen LogP contribution in [-0.4, -0.2) is 31.5 Å². The Morgan fingerprint density at radius 3 is 2.95 bits per heavy atom. The second-order valence-corrected chi connectivity index (χ2v) is 4.26. The van der Waals surface area contributed by atoms with E-state index in [1.54, 1.807) is 12.5 Å². The first kappa shape index (κ1) is 12.3. The highest BCUT2D eigenvalue weighted by molar-refractivity contribution is 5.83. The second kappa shape index (κ2) is 5.52. The molecule has 0 bridgehead atoms. The highest BCUT2D eigenvalue weighted by atomic mass is 15.2. The number of imidazole rings is 1. The maximum atomic E-state index is 4.46. The normalized spacial score (nSPS) is 10.7. The zero-order valence-corrected chi connectivity index (χ0v) is 11.1. The quantitative estimate of drug-likeness (QED) is 0.658. The van der Waals surface area contributed by atoms with Crippen molar-refractivity contribution in [3.63, 3.8) is 0 Å². The van der Waals surface area contributed by atoms with Gasteiger partial charge in [-0.15, -0.1) is 0 Å². The van der Waals surface area contributed by atoms with Crippen LogP contribution in [-0.2, 0) is 0 Å². The number of H-pyrrole nitrogens is 1. The molecule has 0 aliphatic heterocycles. The van der Waals surface area contributed by atoms with Crippen LogP contribution in [0, 0.1) is 0 Å². The summed E-state index contributed by atoms with van der Waals surface area (Å²) in [5, 5.41) is 6.34. The molecular weight excluding hydrogens is 254 g/mol. The molecule has 0 radical (unpaired) electrons. The number of hydrogen-bond donors (Lipinski definition) is 3. The third-order valence-corrected chi connectivity index (χ3v) is 2.73. The number of rotatable bonds is 5. The van der Waals surface area contributed by atoms with Gasteiger partial charge in [0.05, 0.1) is 6.33 Å². The molecule has 0 aliphatic rings. The number of nitrogens with zero attached hydrogens (tertiary/aromatic N) is 4. The first-order valence-corrected chi connectivity index (χ1v) is 6.50. The molecule has 0 amide bonds. The number of hydrogen-bond acceptors (Lipinski definition) is 6. The number of pyridine rings is 1. The van der Waals surface area contributed by atoms with Crippen LogP contribution in [0.15, 0.2) is 30.7 Å². The Bertz CT molecular complexity index is 692. The molecule has 102 valence electrons. The van der Waals surface area contributed by atoms with Crippen molar-refractivity contribution in [2.45, 2.75) is 13.3 Å². The van der Waals surface area contributed by atoms with Crippen molar-refractivity contribution in [1.82, 2.24) is 24.9 Å². The van der Waals surface area contributed by atoms with Gasteiger partial charge in [0.2, 0.25) is 5.95 Å². The molecule has 3 aromatic heterocycles. The van der Waals surface area contributed by atoms with Crippen LogP contribution >= 0.6 is 0 Å². The molecule has 0 aliphatic carbocycles. The van der Waals surface area contributed by atoms with Crippen molar-refractivity contribution in [2.75, 3.05) is 17.2 Å². The Kier molecular flexibility index (Phi) is 3.40. The summed E-state index contributed by atoms with van der Waals surface area (Å²) < 4.78 is 0. The minimum atomic E-state index is 0.474. The number of anilines is 3. The molecule has 0 unspecified atom stereocenters. The van der Waals surface area contributed by atoms with Gasteiger partial charge in [-0.3, -0.25) is 0 Å².